The van der Waals surface area contributed by atoms with E-state index in [4.69, 9.17) is 9.84 Å². The minimum absolute atomic E-state index is 0.0462. The Balaban J connectivity index is 3.18. The topological polar surface area (TPSA) is 46.5 Å². The van der Waals surface area contributed by atoms with Crippen LogP contribution in [0.4, 0.5) is 0 Å². The first-order valence-electron chi connectivity index (χ1n) is 8.98. The van der Waals surface area contributed by atoms with E-state index < -0.39 is 5.97 Å². The summed E-state index contributed by atoms with van der Waals surface area (Å²) in [5.74, 6) is 0.0116. The largest absolute Gasteiger partial charge is 0.490 e. The molecule has 3 heteroatoms. The lowest BCUT2D eigenvalue weighted by atomic mass is 9.80. The molecule has 0 amide bonds. The summed E-state index contributed by atoms with van der Waals surface area (Å²) in [4.78, 5) is 11.2. The second-order valence-electron chi connectivity index (χ2n) is 8.69. The summed E-state index contributed by atoms with van der Waals surface area (Å²) in [5.41, 5.74) is 2.42. The molecule has 1 atom stereocenters. The third-order valence-electron chi connectivity index (χ3n) is 4.23. The van der Waals surface area contributed by atoms with Gasteiger partial charge in [-0.25, -0.2) is 0 Å². The van der Waals surface area contributed by atoms with Crippen LogP contribution in [-0.4, -0.2) is 17.2 Å². The number of aliphatic carboxylic acids is 1. The van der Waals surface area contributed by atoms with Crippen molar-refractivity contribution in [2.45, 2.75) is 91.1 Å². The molecule has 24 heavy (non-hydrogen) atoms. The summed E-state index contributed by atoms with van der Waals surface area (Å²) in [6.07, 6.45) is 2.55. The number of hydrogen-bond donors (Lipinski definition) is 1. The van der Waals surface area contributed by atoms with E-state index in [0.717, 1.165) is 30.6 Å². The van der Waals surface area contributed by atoms with Crippen LogP contribution < -0.4 is 4.74 Å². The molecular weight excluding hydrogens is 300 g/mol. The molecule has 0 spiro atoms. The molecular formula is C21H34O3. The number of carbonyl (C=O) groups is 1. The normalized spacial score (nSPS) is 13.6. The fraction of sp³-hybridized carbons (Fsp3) is 0.667. The van der Waals surface area contributed by atoms with Gasteiger partial charge in [0.2, 0.25) is 0 Å². The van der Waals surface area contributed by atoms with Crippen LogP contribution in [0.3, 0.4) is 0 Å². The first kappa shape index (κ1) is 20.5. The van der Waals surface area contributed by atoms with Gasteiger partial charge in [-0.2, -0.15) is 0 Å². The predicted molar refractivity (Wildman–Crippen MR) is 100 cm³/mol. The maximum absolute atomic E-state index is 11.2. The predicted octanol–water partition coefficient (Wildman–Crippen LogP) is 5.69. The van der Waals surface area contributed by atoms with Gasteiger partial charge < -0.3 is 9.84 Å². The fourth-order valence-corrected chi connectivity index (χ4v) is 2.69. The van der Waals surface area contributed by atoms with Crippen LogP contribution in [0.25, 0.3) is 0 Å². The molecule has 1 aromatic carbocycles. The Hall–Kier alpha value is -1.51. The molecule has 3 nitrogen and oxygen atoms in total. The number of rotatable bonds is 7. The Labute approximate surface area is 147 Å². The van der Waals surface area contributed by atoms with Gasteiger partial charge in [-0.1, -0.05) is 73.4 Å². The molecule has 1 rings (SSSR count). The number of ether oxygens (including phenoxy) is 1. The molecule has 1 N–H and O–H groups in total. The summed E-state index contributed by atoms with van der Waals surface area (Å²) in [5, 5.41) is 9.16. The van der Waals surface area contributed by atoms with Gasteiger partial charge >= 0.3 is 5.97 Å². The summed E-state index contributed by atoms with van der Waals surface area (Å²) in [7, 11) is 0. The third-order valence-corrected chi connectivity index (χ3v) is 4.23. The number of carboxylic acid groups (broad SMARTS) is 1. The van der Waals surface area contributed by atoms with Crippen LogP contribution >= 0.6 is 0 Å². The quantitative estimate of drug-likeness (QED) is 0.696. The summed E-state index contributed by atoms with van der Waals surface area (Å²) in [6.45, 7) is 15.2. The fourth-order valence-electron chi connectivity index (χ4n) is 2.69. The van der Waals surface area contributed by atoms with Gasteiger partial charge in [-0.3, -0.25) is 4.79 Å². The minimum atomic E-state index is -0.806. The molecule has 0 fully saturated rings. The van der Waals surface area contributed by atoms with E-state index >= 15 is 0 Å². The molecule has 0 aliphatic rings. The first-order valence-corrected chi connectivity index (χ1v) is 8.98. The summed E-state index contributed by atoms with van der Waals surface area (Å²) in [6, 6.07) is 6.33. The van der Waals surface area contributed by atoms with Crippen LogP contribution in [0.2, 0.25) is 0 Å². The van der Waals surface area contributed by atoms with Gasteiger partial charge in [-0.05, 0) is 34.4 Å². The summed E-state index contributed by atoms with van der Waals surface area (Å²) >= 11 is 0. The van der Waals surface area contributed by atoms with E-state index in [9.17, 15) is 4.79 Å². The van der Waals surface area contributed by atoms with Gasteiger partial charge in [0.1, 0.15) is 11.9 Å². The van der Waals surface area contributed by atoms with Crippen molar-refractivity contribution >= 4 is 5.97 Å². The van der Waals surface area contributed by atoms with E-state index in [2.05, 4.69) is 60.6 Å². The van der Waals surface area contributed by atoms with Gasteiger partial charge in [0.15, 0.2) is 0 Å². The number of hydrogen-bond acceptors (Lipinski definition) is 2. The van der Waals surface area contributed by atoms with Crippen molar-refractivity contribution in [1.82, 2.24) is 0 Å². The lowest BCUT2D eigenvalue weighted by molar-refractivity contribution is -0.138. The zero-order valence-corrected chi connectivity index (χ0v) is 16.4. The van der Waals surface area contributed by atoms with E-state index in [1.807, 2.05) is 6.07 Å². The Bertz CT molecular complexity index is 547. The zero-order valence-electron chi connectivity index (χ0n) is 16.4. The molecule has 0 bridgehead atoms. The molecule has 1 aromatic rings. The van der Waals surface area contributed by atoms with E-state index in [1.165, 1.54) is 5.56 Å². The zero-order chi connectivity index (χ0) is 18.5. The highest BCUT2D eigenvalue weighted by Gasteiger charge is 2.25. The second kappa shape index (κ2) is 8.04. The molecule has 0 radical (unpaired) electrons. The van der Waals surface area contributed by atoms with E-state index in [0.29, 0.717) is 0 Å². The molecule has 0 heterocycles. The Morgan fingerprint density at radius 3 is 2.21 bits per heavy atom. The second-order valence-corrected chi connectivity index (χ2v) is 8.69. The molecule has 1 unspecified atom stereocenters. The van der Waals surface area contributed by atoms with Gasteiger partial charge in [0, 0.05) is 0 Å². The standard InChI is InChI=1S/C21H34O3/c1-8-9-10-16(14-19(22)23)24-18-12-11-15(20(2,3)4)13-17(18)21(5,6)7/h11-13,16H,8-10,14H2,1-7H3,(H,22,23). The monoisotopic (exact) mass is 334 g/mol. The average Bonchev–Trinajstić information content (AvgIpc) is 2.42. The first-order chi connectivity index (χ1) is 10.9. The van der Waals surface area contributed by atoms with E-state index in [1.54, 1.807) is 0 Å². The van der Waals surface area contributed by atoms with Crippen molar-refractivity contribution in [2.24, 2.45) is 0 Å². The molecule has 0 saturated carbocycles. The molecule has 0 aliphatic heterocycles. The van der Waals surface area contributed by atoms with E-state index in [-0.39, 0.29) is 23.4 Å². The number of unbranched alkanes of at least 4 members (excludes halogenated alkanes) is 1. The van der Waals surface area contributed by atoms with Gasteiger partial charge in [-0.15, -0.1) is 0 Å². The lowest BCUT2D eigenvalue weighted by Crippen LogP contribution is -2.24. The highest BCUT2D eigenvalue weighted by Crippen LogP contribution is 2.36. The highest BCUT2D eigenvalue weighted by atomic mass is 16.5. The Morgan fingerprint density at radius 2 is 1.75 bits per heavy atom. The maximum Gasteiger partial charge on any atom is 0.307 e. The SMILES string of the molecule is CCCCC(CC(=O)O)Oc1ccc(C(C)(C)C)cc1C(C)(C)C. The minimum Gasteiger partial charge on any atom is -0.490 e. The van der Waals surface area contributed by atoms with Crippen LogP contribution in [-0.2, 0) is 15.6 Å². The van der Waals surface area contributed by atoms with Crippen molar-refractivity contribution in [3.63, 3.8) is 0 Å². The van der Waals surface area contributed by atoms with Gasteiger partial charge in [0.05, 0.1) is 6.42 Å². The number of benzene rings is 1. The van der Waals surface area contributed by atoms with Crippen molar-refractivity contribution in [1.29, 1.82) is 0 Å². The maximum atomic E-state index is 11.2. The average molecular weight is 335 g/mol. The van der Waals surface area contributed by atoms with Crippen molar-refractivity contribution in [3.8, 4) is 5.75 Å². The Kier molecular flexibility index (Phi) is 6.88. The van der Waals surface area contributed by atoms with Crippen LogP contribution in [0.15, 0.2) is 18.2 Å². The van der Waals surface area contributed by atoms with Crippen LogP contribution in [0.1, 0.15) is 85.3 Å². The third kappa shape index (κ3) is 6.18. The molecule has 0 aliphatic carbocycles. The van der Waals surface area contributed by atoms with Gasteiger partial charge in [0.25, 0.3) is 0 Å². The van der Waals surface area contributed by atoms with Crippen molar-refractivity contribution in [2.75, 3.05) is 0 Å². The van der Waals surface area contributed by atoms with Crippen molar-refractivity contribution < 1.29 is 14.6 Å². The molecule has 0 aromatic heterocycles. The summed E-state index contributed by atoms with van der Waals surface area (Å²) < 4.78 is 6.17. The van der Waals surface area contributed by atoms with Crippen LogP contribution in [0.5, 0.6) is 5.75 Å². The highest BCUT2D eigenvalue weighted by molar-refractivity contribution is 5.67. The van der Waals surface area contributed by atoms with Crippen LogP contribution in [0, 0.1) is 0 Å². The number of carboxylic acids is 1. The smallest absolute Gasteiger partial charge is 0.307 e. The molecule has 0 saturated heterocycles. The lowest BCUT2D eigenvalue weighted by Gasteiger charge is -2.29. The Morgan fingerprint density at radius 1 is 1.12 bits per heavy atom. The molecule has 136 valence electrons. The van der Waals surface area contributed by atoms with Crippen molar-refractivity contribution in [3.05, 3.63) is 29.3 Å².